The highest BCUT2D eigenvalue weighted by Crippen LogP contribution is 2.18. The van der Waals surface area contributed by atoms with Gasteiger partial charge in [-0.05, 0) is 42.7 Å². The van der Waals surface area contributed by atoms with Crippen LogP contribution in [0.25, 0.3) is 0 Å². The summed E-state index contributed by atoms with van der Waals surface area (Å²) in [5, 5.41) is 0. The molecule has 1 N–H and O–H groups in total. The molecule has 0 fully saturated rings. The Morgan fingerprint density at radius 2 is 1.32 bits per heavy atom. The van der Waals surface area contributed by atoms with Crippen molar-refractivity contribution in [3.63, 3.8) is 0 Å². The van der Waals surface area contributed by atoms with Crippen molar-refractivity contribution < 1.29 is 8.42 Å². The van der Waals surface area contributed by atoms with Crippen molar-refractivity contribution in [1.29, 1.82) is 0 Å². The van der Waals surface area contributed by atoms with Gasteiger partial charge in [-0.25, -0.2) is 8.42 Å². The highest BCUT2D eigenvalue weighted by Gasteiger charge is 2.14. The second-order valence-corrected chi connectivity index (χ2v) is 9.23. The van der Waals surface area contributed by atoms with E-state index in [9.17, 15) is 8.42 Å². The number of hydrogen-bond donors (Lipinski definition) is 1. The van der Waals surface area contributed by atoms with Gasteiger partial charge in [-0.1, -0.05) is 95.0 Å². The standard InChI is InChI=1S/C24H35NO2S/c1-2-3-4-5-6-7-8-9-10-12-16-22-17-15-20-24(21-22)28(26,27)25-23-18-13-11-14-19-23/h11,13-15,17-21,25H,2-10,12,16H2,1H3. The summed E-state index contributed by atoms with van der Waals surface area (Å²) >= 11 is 0. The summed E-state index contributed by atoms with van der Waals surface area (Å²) < 4.78 is 27.8. The van der Waals surface area contributed by atoms with Crippen LogP contribution in [0.3, 0.4) is 0 Å². The van der Waals surface area contributed by atoms with Crippen molar-refractivity contribution in [1.82, 2.24) is 0 Å². The van der Waals surface area contributed by atoms with E-state index in [0.717, 1.165) is 18.4 Å². The molecule has 0 atom stereocenters. The molecule has 0 aliphatic rings. The Balaban J connectivity index is 1.71. The van der Waals surface area contributed by atoms with E-state index in [1.165, 1.54) is 57.8 Å². The molecular weight excluding hydrogens is 366 g/mol. The summed E-state index contributed by atoms with van der Waals surface area (Å²) in [5.41, 5.74) is 1.68. The fourth-order valence-electron chi connectivity index (χ4n) is 3.40. The molecule has 0 unspecified atom stereocenters. The number of hydrogen-bond acceptors (Lipinski definition) is 2. The van der Waals surface area contributed by atoms with E-state index in [-0.39, 0.29) is 0 Å². The van der Waals surface area contributed by atoms with E-state index in [1.807, 2.05) is 30.3 Å². The minimum Gasteiger partial charge on any atom is -0.280 e. The van der Waals surface area contributed by atoms with Crippen molar-refractivity contribution in [2.24, 2.45) is 0 Å². The lowest BCUT2D eigenvalue weighted by atomic mass is 10.0. The molecule has 0 aromatic heterocycles. The fraction of sp³-hybridized carbons (Fsp3) is 0.500. The number of sulfonamides is 1. The number of benzene rings is 2. The first-order valence-corrected chi connectivity index (χ1v) is 12.3. The van der Waals surface area contributed by atoms with Crippen LogP contribution < -0.4 is 4.72 Å². The normalized spacial score (nSPS) is 11.5. The van der Waals surface area contributed by atoms with Crippen molar-refractivity contribution in [3.05, 3.63) is 60.2 Å². The molecule has 154 valence electrons. The first-order chi connectivity index (χ1) is 13.6. The van der Waals surface area contributed by atoms with Gasteiger partial charge in [-0.2, -0.15) is 0 Å². The zero-order valence-electron chi connectivity index (χ0n) is 17.2. The van der Waals surface area contributed by atoms with E-state index in [4.69, 9.17) is 0 Å². The third-order valence-electron chi connectivity index (χ3n) is 5.05. The summed E-state index contributed by atoms with van der Waals surface area (Å²) in [4.78, 5) is 0.334. The molecule has 3 nitrogen and oxygen atoms in total. The Hall–Kier alpha value is -1.81. The summed E-state index contributed by atoms with van der Waals surface area (Å²) in [6.07, 6.45) is 14.0. The predicted octanol–water partition coefficient (Wildman–Crippen LogP) is 6.95. The van der Waals surface area contributed by atoms with Crippen molar-refractivity contribution in [2.45, 2.75) is 82.4 Å². The highest BCUT2D eigenvalue weighted by molar-refractivity contribution is 7.92. The number of nitrogens with one attached hydrogen (secondary N) is 1. The summed E-state index contributed by atoms with van der Waals surface area (Å²) in [7, 11) is -3.54. The lowest BCUT2D eigenvalue weighted by Crippen LogP contribution is -2.13. The molecule has 4 heteroatoms. The maximum Gasteiger partial charge on any atom is 0.261 e. The van der Waals surface area contributed by atoms with E-state index in [2.05, 4.69) is 11.6 Å². The fourth-order valence-corrected chi connectivity index (χ4v) is 4.53. The molecule has 0 amide bonds. The van der Waals surface area contributed by atoms with Gasteiger partial charge in [0, 0.05) is 5.69 Å². The lowest BCUT2D eigenvalue weighted by Gasteiger charge is -2.09. The third-order valence-corrected chi connectivity index (χ3v) is 6.43. The highest BCUT2D eigenvalue weighted by atomic mass is 32.2. The Morgan fingerprint density at radius 3 is 1.96 bits per heavy atom. The van der Waals surface area contributed by atoms with Crippen LogP contribution in [0.5, 0.6) is 0 Å². The van der Waals surface area contributed by atoms with Crippen LogP contribution >= 0.6 is 0 Å². The topological polar surface area (TPSA) is 46.2 Å². The van der Waals surface area contributed by atoms with Crippen LogP contribution in [0.4, 0.5) is 5.69 Å². The van der Waals surface area contributed by atoms with Crippen molar-refractivity contribution >= 4 is 15.7 Å². The van der Waals surface area contributed by atoms with Gasteiger partial charge in [-0.3, -0.25) is 4.72 Å². The lowest BCUT2D eigenvalue weighted by molar-refractivity contribution is 0.556. The quantitative estimate of drug-likeness (QED) is 0.348. The molecule has 2 rings (SSSR count). The summed E-state index contributed by atoms with van der Waals surface area (Å²) in [5.74, 6) is 0. The molecule has 0 spiro atoms. The monoisotopic (exact) mass is 401 g/mol. The molecule has 0 aliphatic carbocycles. The van der Waals surface area contributed by atoms with Crippen LogP contribution in [0.1, 0.15) is 76.7 Å². The zero-order chi connectivity index (χ0) is 20.1. The van der Waals surface area contributed by atoms with Crippen molar-refractivity contribution in [2.75, 3.05) is 4.72 Å². The molecule has 0 saturated carbocycles. The van der Waals surface area contributed by atoms with Gasteiger partial charge in [0.1, 0.15) is 0 Å². The number of para-hydroxylation sites is 1. The Morgan fingerprint density at radius 1 is 0.714 bits per heavy atom. The number of anilines is 1. The average molecular weight is 402 g/mol. The van der Waals surface area contributed by atoms with Crippen LogP contribution in [-0.2, 0) is 16.4 Å². The van der Waals surface area contributed by atoms with Crippen LogP contribution in [0.15, 0.2) is 59.5 Å². The maximum absolute atomic E-state index is 12.6. The number of rotatable bonds is 14. The number of aryl methyl sites for hydroxylation is 1. The first-order valence-electron chi connectivity index (χ1n) is 10.8. The van der Waals surface area contributed by atoms with E-state index in [1.54, 1.807) is 24.3 Å². The smallest absolute Gasteiger partial charge is 0.261 e. The second-order valence-electron chi connectivity index (χ2n) is 7.55. The van der Waals surface area contributed by atoms with E-state index < -0.39 is 10.0 Å². The molecule has 28 heavy (non-hydrogen) atoms. The van der Waals surface area contributed by atoms with Gasteiger partial charge in [-0.15, -0.1) is 0 Å². The van der Waals surface area contributed by atoms with Crippen LogP contribution in [0.2, 0.25) is 0 Å². The maximum atomic E-state index is 12.6. The molecule has 0 saturated heterocycles. The van der Waals surface area contributed by atoms with Gasteiger partial charge in [0.05, 0.1) is 4.90 Å². The summed E-state index contributed by atoms with van der Waals surface area (Å²) in [6, 6.07) is 16.3. The van der Waals surface area contributed by atoms with Gasteiger partial charge >= 0.3 is 0 Å². The van der Waals surface area contributed by atoms with Crippen molar-refractivity contribution in [3.8, 4) is 0 Å². The molecule has 2 aromatic rings. The van der Waals surface area contributed by atoms with Gasteiger partial charge < -0.3 is 0 Å². The Labute approximate surface area is 171 Å². The largest absolute Gasteiger partial charge is 0.280 e. The molecular formula is C24H35NO2S. The molecule has 2 aromatic carbocycles. The van der Waals surface area contributed by atoms with Crippen LogP contribution in [0, 0.1) is 0 Å². The van der Waals surface area contributed by atoms with Crippen LogP contribution in [-0.4, -0.2) is 8.42 Å². The molecule has 0 aliphatic heterocycles. The molecule has 0 heterocycles. The minimum atomic E-state index is -3.54. The number of unbranched alkanes of at least 4 members (excludes halogenated alkanes) is 9. The Kier molecular flexibility index (Phi) is 10.1. The molecule has 0 bridgehead atoms. The summed E-state index contributed by atoms with van der Waals surface area (Å²) in [6.45, 7) is 2.25. The SMILES string of the molecule is CCCCCCCCCCCCc1cccc(S(=O)(=O)Nc2ccccc2)c1. The van der Waals surface area contributed by atoms with E-state index in [0.29, 0.717) is 10.6 Å². The zero-order valence-corrected chi connectivity index (χ0v) is 18.0. The second kappa shape index (κ2) is 12.6. The third kappa shape index (κ3) is 8.47. The first kappa shape index (κ1) is 22.5. The van der Waals surface area contributed by atoms with E-state index >= 15 is 0 Å². The van der Waals surface area contributed by atoms with Gasteiger partial charge in [0.15, 0.2) is 0 Å². The minimum absolute atomic E-state index is 0.334. The molecule has 0 radical (unpaired) electrons. The van der Waals surface area contributed by atoms with Gasteiger partial charge in [0.2, 0.25) is 0 Å². The average Bonchev–Trinajstić information content (AvgIpc) is 2.70. The predicted molar refractivity (Wildman–Crippen MR) is 119 cm³/mol. The van der Waals surface area contributed by atoms with Gasteiger partial charge in [0.25, 0.3) is 10.0 Å². The Bertz CT molecular complexity index is 772.